The molecule has 2 saturated carbocycles. The van der Waals surface area contributed by atoms with E-state index in [1.807, 2.05) is 0 Å². The molecular weight excluding hydrogens is 236 g/mol. The van der Waals surface area contributed by atoms with Crippen LogP contribution in [0.2, 0.25) is 0 Å². The summed E-state index contributed by atoms with van der Waals surface area (Å²) in [5, 5.41) is 6.67. The summed E-state index contributed by atoms with van der Waals surface area (Å²) in [4.78, 5) is 11.7. The normalized spacial score (nSPS) is 26.7. The summed E-state index contributed by atoms with van der Waals surface area (Å²) in [6.45, 7) is 5.01. The molecule has 0 saturated heterocycles. The number of carbonyl (C=O) groups is 1. The fourth-order valence-electron chi connectivity index (χ4n) is 3.68. The van der Waals surface area contributed by atoms with Crippen molar-refractivity contribution in [2.24, 2.45) is 5.41 Å². The van der Waals surface area contributed by atoms with Crippen molar-refractivity contribution in [2.75, 3.05) is 6.54 Å². The van der Waals surface area contributed by atoms with Crippen LogP contribution in [0.25, 0.3) is 0 Å². The van der Waals surface area contributed by atoms with Gasteiger partial charge in [0.05, 0.1) is 0 Å². The van der Waals surface area contributed by atoms with Gasteiger partial charge in [-0.3, -0.25) is 4.79 Å². The molecule has 0 aliphatic heterocycles. The highest BCUT2D eigenvalue weighted by Gasteiger charge is 2.46. The highest BCUT2D eigenvalue weighted by Crippen LogP contribution is 2.51. The van der Waals surface area contributed by atoms with Gasteiger partial charge in [-0.25, -0.2) is 0 Å². The van der Waals surface area contributed by atoms with Gasteiger partial charge in [0, 0.05) is 25.0 Å². The molecule has 1 amide bonds. The first kappa shape index (κ1) is 14.8. The minimum Gasteiger partial charge on any atom is -0.354 e. The Balaban J connectivity index is 1.64. The monoisotopic (exact) mass is 266 g/mol. The molecule has 2 aliphatic rings. The first-order valence-electron chi connectivity index (χ1n) is 8.19. The Morgan fingerprint density at radius 2 is 2.00 bits per heavy atom. The number of rotatable bonds is 6. The second-order valence-corrected chi connectivity index (χ2v) is 6.60. The minimum atomic E-state index is 0.193. The van der Waals surface area contributed by atoms with Crippen molar-refractivity contribution in [3.05, 3.63) is 0 Å². The van der Waals surface area contributed by atoms with Gasteiger partial charge in [0.1, 0.15) is 0 Å². The van der Waals surface area contributed by atoms with Crippen molar-refractivity contribution in [1.82, 2.24) is 10.6 Å². The van der Waals surface area contributed by atoms with E-state index in [2.05, 4.69) is 24.5 Å². The average Bonchev–Trinajstić information content (AvgIpc) is 2.43. The molecule has 0 aromatic heterocycles. The molecule has 0 aromatic carbocycles. The second-order valence-electron chi connectivity index (χ2n) is 6.60. The van der Waals surface area contributed by atoms with Crippen LogP contribution in [-0.4, -0.2) is 24.5 Å². The minimum absolute atomic E-state index is 0.193. The smallest absolute Gasteiger partial charge is 0.221 e. The van der Waals surface area contributed by atoms with E-state index in [0.29, 0.717) is 23.9 Å². The van der Waals surface area contributed by atoms with Crippen LogP contribution in [0.15, 0.2) is 0 Å². The third kappa shape index (κ3) is 3.71. The van der Waals surface area contributed by atoms with E-state index in [-0.39, 0.29) is 5.91 Å². The van der Waals surface area contributed by atoms with Gasteiger partial charge < -0.3 is 10.6 Å². The van der Waals surface area contributed by atoms with Crippen molar-refractivity contribution in [3.63, 3.8) is 0 Å². The molecule has 0 bridgehead atoms. The predicted molar refractivity (Wildman–Crippen MR) is 79.1 cm³/mol. The van der Waals surface area contributed by atoms with Gasteiger partial charge in [0.15, 0.2) is 0 Å². The van der Waals surface area contributed by atoms with E-state index in [4.69, 9.17) is 0 Å². The van der Waals surface area contributed by atoms with Crippen molar-refractivity contribution in [1.29, 1.82) is 0 Å². The van der Waals surface area contributed by atoms with E-state index in [9.17, 15) is 4.79 Å². The Kier molecular flexibility index (Phi) is 5.26. The maximum atomic E-state index is 11.7. The Morgan fingerprint density at radius 1 is 1.26 bits per heavy atom. The Bertz CT molecular complexity index is 297. The lowest BCUT2D eigenvalue weighted by Gasteiger charge is -2.52. The van der Waals surface area contributed by atoms with Gasteiger partial charge in [-0.05, 0) is 44.4 Å². The van der Waals surface area contributed by atoms with Gasteiger partial charge in [-0.2, -0.15) is 0 Å². The van der Waals surface area contributed by atoms with Crippen molar-refractivity contribution >= 4 is 5.91 Å². The van der Waals surface area contributed by atoms with Crippen LogP contribution >= 0.6 is 0 Å². The molecule has 0 heterocycles. The molecule has 3 nitrogen and oxygen atoms in total. The summed E-state index contributed by atoms with van der Waals surface area (Å²) in [7, 11) is 0. The fourth-order valence-corrected chi connectivity index (χ4v) is 3.68. The molecule has 3 heteroatoms. The van der Waals surface area contributed by atoms with Gasteiger partial charge in [-0.15, -0.1) is 0 Å². The zero-order valence-corrected chi connectivity index (χ0v) is 12.6. The fraction of sp³-hybridized carbons (Fsp3) is 0.938. The number of amides is 1. The second kappa shape index (κ2) is 6.74. The van der Waals surface area contributed by atoms with Crippen molar-refractivity contribution < 1.29 is 4.79 Å². The maximum Gasteiger partial charge on any atom is 0.221 e. The molecule has 19 heavy (non-hydrogen) atoms. The molecule has 2 N–H and O–H groups in total. The van der Waals surface area contributed by atoms with Gasteiger partial charge in [-0.1, -0.05) is 26.2 Å². The summed E-state index contributed by atoms with van der Waals surface area (Å²) in [6.07, 6.45) is 11.4. The summed E-state index contributed by atoms with van der Waals surface area (Å²) in [5.41, 5.74) is 0.603. The average molecular weight is 266 g/mol. The summed E-state index contributed by atoms with van der Waals surface area (Å²) in [6, 6.07) is 0.991. The molecule has 2 unspecified atom stereocenters. The Labute approximate surface area is 117 Å². The van der Waals surface area contributed by atoms with E-state index in [1.54, 1.807) is 0 Å². The Morgan fingerprint density at radius 3 is 2.58 bits per heavy atom. The van der Waals surface area contributed by atoms with Crippen molar-refractivity contribution in [2.45, 2.75) is 83.7 Å². The molecule has 2 atom stereocenters. The van der Waals surface area contributed by atoms with Crippen LogP contribution in [0.4, 0.5) is 0 Å². The lowest BCUT2D eigenvalue weighted by atomic mass is 9.57. The summed E-state index contributed by atoms with van der Waals surface area (Å²) < 4.78 is 0. The summed E-state index contributed by atoms with van der Waals surface area (Å²) >= 11 is 0. The molecule has 0 radical (unpaired) electrons. The van der Waals surface area contributed by atoms with E-state index in [0.717, 1.165) is 13.0 Å². The van der Waals surface area contributed by atoms with Crippen LogP contribution in [0.5, 0.6) is 0 Å². The number of hydrogen-bond donors (Lipinski definition) is 2. The SMILES string of the molecule is CCC(C)NC(=O)CCNC1CCC12CCCCC2. The number of carbonyl (C=O) groups excluding carboxylic acids is 1. The van der Waals surface area contributed by atoms with Gasteiger partial charge in [0.25, 0.3) is 0 Å². The molecule has 1 spiro atoms. The van der Waals surface area contributed by atoms with E-state index in [1.165, 1.54) is 44.9 Å². The lowest BCUT2D eigenvalue weighted by Crippen LogP contribution is -2.54. The van der Waals surface area contributed by atoms with Crippen molar-refractivity contribution in [3.8, 4) is 0 Å². The largest absolute Gasteiger partial charge is 0.354 e. The number of hydrogen-bond acceptors (Lipinski definition) is 2. The molecule has 0 aromatic rings. The van der Waals surface area contributed by atoms with Gasteiger partial charge >= 0.3 is 0 Å². The lowest BCUT2D eigenvalue weighted by molar-refractivity contribution is -0.121. The predicted octanol–water partition coefficient (Wildman–Crippen LogP) is 2.99. The molecule has 2 fully saturated rings. The zero-order chi connectivity index (χ0) is 13.7. The molecule has 110 valence electrons. The zero-order valence-electron chi connectivity index (χ0n) is 12.6. The highest BCUT2D eigenvalue weighted by molar-refractivity contribution is 5.76. The van der Waals surface area contributed by atoms with Crippen LogP contribution < -0.4 is 10.6 Å². The van der Waals surface area contributed by atoms with E-state index >= 15 is 0 Å². The molecule has 2 rings (SSSR count). The molecular formula is C16H30N2O. The maximum absolute atomic E-state index is 11.7. The van der Waals surface area contributed by atoms with E-state index < -0.39 is 0 Å². The quantitative estimate of drug-likeness (QED) is 0.776. The van der Waals surface area contributed by atoms with Crippen LogP contribution in [-0.2, 0) is 4.79 Å². The van der Waals surface area contributed by atoms with Crippen LogP contribution in [0.1, 0.15) is 71.6 Å². The summed E-state index contributed by atoms with van der Waals surface area (Å²) in [5.74, 6) is 0.193. The van der Waals surface area contributed by atoms with Crippen LogP contribution in [0, 0.1) is 5.41 Å². The molecule has 2 aliphatic carbocycles. The topological polar surface area (TPSA) is 41.1 Å². The Hall–Kier alpha value is -0.570. The highest BCUT2D eigenvalue weighted by atomic mass is 16.1. The third-order valence-electron chi connectivity index (χ3n) is 5.28. The first-order valence-corrected chi connectivity index (χ1v) is 8.19. The standard InChI is InChI=1S/C16H30N2O/c1-3-13(2)18-15(19)8-12-17-14-7-11-16(14)9-5-4-6-10-16/h13-14,17H,3-12H2,1-2H3,(H,18,19). The number of nitrogens with one attached hydrogen (secondary N) is 2. The third-order valence-corrected chi connectivity index (χ3v) is 5.28. The van der Waals surface area contributed by atoms with Crippen LogP contribution in [0.3, 0.4) is 0 Å². The van der Waals surface area contributed by atoms with Gasteiger partial charge in [0.2, 0.25) is 5.91 Å². The first-order chi connectivity index (χ1) is 9.16.